The fraction of sp³-hybridized carbons (Fsp3) is 0.231. The molecule has 1 aromatic carbocycles. The Kier molecular flexibility index (Phi) is 5.33. The monoisotopic (exact) mass is 360 g/mol. The lowest BCUT2D eigenvalue weighted by atomic mass is 9.97. The first-order valence-corrected chi connectivity index (χ1v) is 6.81. The molecule has 0 heterocycles. The zero-order chi connectivity index (χ0) is 13.7. The average Bonchev–Trinajstić information content (AvgIpc) is 2.30. The summed E-state index contributed by atoms with van der Waals surface area (Å²) >= 11 is 2.20. The molecule has 0 aliphatic rings. The molecule has 18 heavy (non-hydrogen) atoms. The van der Waals surface area contributed by atoms with Gasteiger partial charge in [0.15, 0.2) is 0 Å². The summed E-state index contributed by atoms with van der Waals surface area (Å²) in [5.74, 6) is -2.20. The lowest BCUT2D eigenvalue weighted by Gasteiger charge is -2.08. The van der Waals surface area contributed by atoms with E-state index in [2.05, 4.69) is 22.6 Å². The van der Waals surface area contributed by atoms with Crippen LogP contribution in [-0.4, -0.2) is 26.6 Å². The largest absolute Gasteiger partial charge is 0.478 e. The van der Waals surface area contributed by atoms with E-state index in [1.807, 2.05) is 12.2 Å². The molecule has 0 aromatic heterocycles. The summed E-state index contributed by atoms with van der Waals surface area (Å²) in [7, 11) is 0. The van der Waals surface area contributed by atoms with Crippen molar-refractivity contribution in [1.29, 1.82) is 0 Å². The van der Waals surface area contributed by atoms with Crippen molar-refractivity contribution in [3.63, 3.8) is 0 Å². The van der Waals surface area contributed by atoms with Crippen molar-refractivity contribution in [2.75, 3.05) is 4.43 Å². The van der Waals surface area contributed by atoms with Crippen molar-refractivity contribution in [2.24, 2.45) is 0 Å². The molecule has 0 saturated carbocycles. The number of carbonyl (C=O) groups is 2. The van der Waals surface area contributed by atoms with Gasteiger partial charge < -0.3 is 10.2 Å². The third-order valence-corrected chi connectivity index (χ3v) is 3.05. The fourth-order valence-corrected chi connectivity index (χ4v) is 1.98. The molecule has 0 bridgehead atoms. The van der Waals surface area contributed by atoms with Crippen LogP contribution >= 0.6 is 22.6 Å². The topological polar surface area (TPSA) is 74.6 Å². The maximum Gasteiger partial charge on any atom is 0.335 e. The maximum absolute atomic E-state index is 11.1. The van der Waals surface area contributed by atoms with E-state index in [0.29, 0.717) is 12.0 Å². The first kappa shape index (κ1) is 14.7. The molecule has 4 nitrogen and oxygen atoms in total. The Labute approximate surface area is 118 Å². The highest BCUT2D eigenvalue weighted by molar-refractivity contribution is 14.1. The number of carboxylic acid groups (broad SMARTS) is 2. The van der Waals surface area contributed by atoms with Gasteiger partial charge in [-0.1, -0.05) is 34.7 Å². The molecule has 0 saturated heterocycles. The molecule has 0 spiro atoms. The molecular weight excluding hydrogens is 347 g/mol. The van der Waals surface area contributed by atoms with Crippen molar-refractivity contribution in [3.8, 4) is 0 Å². The molecule has 96 valence electrons. The van der Waals surface area contributed by atoms with E-state index in [0.717, 1.165) is 4.43 Å². The second kappa shape index (κ2) is 6.53. The van der Waals surface area contributed by atoms with Crippen LogP contribution in [0.5, 0.6) is 0 Å². The van der Waals surface area contributed by atoms with E-state index in [1.165, 1.54) is 19.1 Å². The molecule has 0 amide bonds. The van der Waals surface area contributed by atoms with Gasteiger partial charge in [-0.05, 0) is 36.6 Å². The number of benzene rings is 1. The number of aromatic carboxylic acids is 2. The highest BCUT2D eigenvalue weighted by Crippen LogP contribution is 2.18. The molecule has 0 aliphatic carbocycles. The average molecular weight is 360 g/mol. The van der Waals surface area contributed by atoms with Crippen LogP contribution in [-0.2, 0) is 6.42 Å². The summed E-state index contributed by atoms with van der Waals surface area (Å²) in [4.78, 5) is 22.1. The molecule has 1 rings (SSSR count). The van der Waals surface area contributed by atoms with Crippen molar-refractivity contribution in [3.05, 3.63) is 46.5 Å². The summed E-state index contributed by atoms with van der Waals surface area (Å²) in [6.45, 7) is 1.51. The van der Waals surface area contributed by atoms with Gasteiger partial charge in [-0.25, -0.2) is 9.59 Å². The van der Waals surface area contributed by atoms with Gasteiger partial charge in [-0.3, -0.25) is 0 Å². The minimum absolute atomic E-state index is 0.0489. The van der Waals surface area contributed by atoms with E-state index in [1.54, 1.807) is 0 Å². The fourth-order valence-electron chi connectivity index (χ4n) is 1.62. The number of alkyl halides is 1. The Bertz CT molecular complexity index is 471. The van der Waals surface area contributed by atoms with Gasteiger partial charge in [0.05, 0.1) is 11.1 Å². The Morgan fingerprint density at radius 2 is 1.67 bits per heavy atom. The number of allylic oxidation sites excluding steroid dienone is 2. The summed E-state index contributed by atoms with van der Waals surface area (Å²) in [6, 6.07) is 3.06. The van der Waals surface area contributed by atoms with Crippen LogP contribution in [0, 0.1) is 6.92 Å². The lowest BCUT2D eigenvalue weighted by molar-refractivity contribution is 0.0696. The van der Waals surface area contributed by atoms with E-state index < -0.39 is 11.9 Å². The number of hydrogen-bond acceptors (Lipinski definition) is 2. The Hall–Kier alpha value is -1.37. The maximum atomic E-state index is 11.1. The smallest absolute Gasteiger partial charge is 0.335 e. The first-order chi connectivity index (χ1) is 8.47. The van der Waals surface area contributed by atoms with E-state index >= 15 is 0 Å². The van der Waals surface area contributed by atoms with E-state index in [4.69, 9.17) is 10.2 Å². The van der Waals surface area contributed by atoms with Gasteiger partial charge in [-0.15, -0.1) is 0 Å². The zero-order valence-corrected chi connectivity index (χ0v) is 12.0. The van der Waals surface area contributed by atoms with Crippen molar-refractivity contribution in [2.45, 2.75) is 13.3 Å². The SMILES string of the molecule is Cc1c(C(=O)O)cc(C/C=C/CI)cc1C(=O)O. The molecular formula is C13H13IO4. The van der Waals surface area contributed by atoms with Crippen LogP contribution in [0.25, 0.3) is 0 Å². The highest BCUT2D eigenvalue weighted by Gasteiger charge is 2.16. The van der Waals surface area contributed by atoms with Crippen LogP contribution in [0.3, 0.4) is 0 Å². The predicted octanol–water partition coefficient (Wildman–Crippen LogP) is 2.93. The summed E-state index contributed by atoms with van der Waals surface area (Å²) in [5, 5.41) is 18.1. The minimum Gasteiger partial charge on any atom is -0.478 e. The lowest BCUT2D eigenvalue weighted by Crippen LogP contribution is -2.08. The Morgan fingerprint density at radius 3 is 2.06 bits per heavy atom. The molecule has 0 radical (unpaired) electrons. The number of rotatable bonds is 5. The van der Waals surface area contributed by atoms with Gasteiger partial charge in [0.1, 0.15) is 0 Å². The number of carboxylic acids is 2. The quantitative estimate of drug-likeness (QED) is 0.481. The minimum atomic E-state index is -1.10. The molecule has 0 aliphatic heterocycles. The van der Waals surface area contributed by atoms with Crippen LogP contribution in [0.4, 0.5) is 0 Å². The number of halogens is 1. The van der Waals surface area contributed by atoms with E-state index in [-0.39, 0.29) is 16.7 Å². The van der Waals surface area contributed by atoms with Crippen LogP contribution < -0.4 is 0 Å². The van der Waals surface area contributed by atoms with Gasteiger partial charge in [0, 0.05) is 4.43 Å². The predicted molar refractivity (Wildman–Crippen MR) is 76.8 cm³/mol. The van der Waals surface area contributed by atoms with Crippen LogP contribution in [0.15, 0.2) is 24.3 Å². The summed E-state index contributed by atoms with van der Waals surface area (Å²) < 4.78 is 0.862. The van der Waals surface area contributed by atoms with Crippen molar-refractivity contribution >= 4 is 34.5 Å². The van der Waals surface area contributed by atoms with Crippen molar-refractivity contribution in [1.82, 2.24) is 0 Å². The Morgan fingerprint density at radius 1 is 1.17 bits per heavy atom. The second-order valence-corrected chi connectivity index (χ2v) is 4.64. The zero-order valence-electron chi connectivity index (χ0n) is 9.81. The standard InChI is InChI=1S/C13H13IO4/c1-8-10(12(15)16)6-9(4-2-3-5-14)7-11(8)13(17)18/h2-3,6-7H,4-5H2,1H3,(H,15,16)(H,17,18)/b3-2+. The normalized spacial score (nSPS) is 10.8. The van der Waals surface area contributed by atoms with Gasteiger partial charge >= 0.3 is 11.9 Å². The van der Waals surface area contributed by atoms with Gasteiger partial charge in [-0.2, -0.15) is 0 Å². The van der Waals surface area contributed by atoms with Crippen LogP contribution in [0.1, 0.15) is 31.8 Å². The van der Waals surface area contributed by atoms with Crippen LogP contribution in [0.2, 0.25) is 0 Å². The molecule has 2 N–H and O–H groups in total. The third-order valence-electron chi connectivity index (χ3n) is 2.54. The summed E-state index contributed by atoms with van der Waals surface area (Å²) in [5.41, 5.74) is 1.08. The number of hydrogen-bond donors (Lipinski definition) is 2. The van der Waals surface area contributed by atoms with Gasteiger partial charge in [0.25, 0.3) is 0 Å². The van der Waals surface area contributed by atoms with Crippen molar-refractivity contribution < 1.29 is 19.8 Å². The Balaban J connectivity index is 3.25. The second-order valence-electron chi connectivity index (χ2n) is 3.76. The highest BCUT2D eigenvalue weighted by atomic mass is 127. The van der Waals surface area contributed by atoms with E-state index in [9.17, 15) is 9.59 Å². The molecule has 0 fully saturated rings. The molecule has 1 aromatic rings. The summed E-state index contributed by atoms with van der Waals surface area (Å²) in [6.07, 6.45) is 4.37. The molecule has 5 heteroatoms. The first-order valence-electron chi connectivity index (χ1n) is 5.28. The molecule has 0 atom stereocenters. The van der Waals surface area contributed by atoms with Gasteiger partial charge in [0.2, 0.25) is 0 Å². The third kappa shape index (κ3) is 3.56. The molecule has 0 unspecified atom stereocenters.